The van der Waals surface area contributed by atoms with Gasteiger partial charge in [0, 0.05) is 23.9 Å². The van der Waals surface area contributed by atoms with Crippen molar-refractivity contribution < 1.29 is 9.53 Å². The van der Waals surface area contributed by atoms with Crippen molar-refractivity contribution in [3.63, 3.8) is 0 Å². The van der Waals surface area contributed by atoms with Gasteiger partial charge in [-0.2, -0.15) is 0 Å². The van der Waals surface area contributed by atoms with Crippen LogP contribution in [0, 0.1) is 0 Å². The van der Waals surface area contributed by atoms with Gasteiger partial charge in [-0.15, -0.1) is 11.3 Å². The number of amides is 1. The number of carbonyl (C=O) groups is 1. The smallest absolute Gasteiger partial charge is 0.265 e. The molecule has 0 atom stereocenters. The van der Waals surface area contributed by atoms with Crippen molar-refractivity contribution in [1.29, 1.82) is 0 Å². The number of aromatic nitrogens is 1. The molecular formula is C22H20N2O2S. The first-order valence-corrected chi connectivity index (χ1v) is 9.68. The highest BCUT2D eigenvalue weighted by atomic mass is 32.1. The molecule has 0 aliphatic carbocycles. The van der Waals surface area contributed by atoms with E-state index in [1.165, 1.54) is 5.56 Å². The number of carbonyl (C=O) groups excluding carboxylic acids is 1. The van der Waals surface area contributed by atoms with Crippen LogP contribution in [0.2, 0.25) is 0 Å². The molecule has 0 saturated carbocycles. The van der Waals surface area contributed by atoms with Gasteiger partial charge in [0.25, 0.3) is 5.91 Å². The Labute approximate surface area is 162 Å². The van der Waals surface area contributed by atoms with Gasteiger partial charge in [-0.3, -0.25) is 4.79 Å². The Hall–Kier alpha value is -2.92. The monoisotopic (exact) mass is 376 g/mol. The second-order valence-corrected chi connectivity index (χ2v) is 7.64. The zero-order valence-electron chi connectivity index (χ0n) is 15.1. The summed E-state index contributed by atoms with van der Waals surface area (Å²) in [4.78, 5) is 18.8. The first-order chi connectivity index (χ1) is 13.1. The molecule has 0 spiro atoms. The van der Waals surface area contributed by atoms with Crippen LogP contribution in [-0.4, -0.2) is 24.0 Å². The first kappa shape index (κ1) is 17.5. The topological polar surface area (TPSA) is 42.4 Å². The molecule has 2 aromatic carbocycles. The quantitative estimate of drug-likeness (QED) is 0.606. The van der Waals surface area contributed by atoms with Gasteiger partial charge in [0.1, 0.15) is 5.75 Å². The molecule has 4 rings (SSSR count). The Morgan fingerprint density at radius 3 is 2.85 bits per heavy atom. The summed E-state index contributed by atoms with van der Waals surface area (Å²) in [5.41, 5.74) is 4.86. The summed E-state index contributed by atoms with van der Waals surface area (Å²) in [5.74, 6) is 0.671. The van der Waals surface area contributed by atoms with Crippen molar-refractivity contribution in [2.75, 3.05) is 18.1 Å². The van der Waals surface area contributed by atoms with Gasteiger partial charge in [-0.1, -0.05) is 42.5 Å². The Bertz CT molecular complexity index is 995. The van der Waals surface area contributed by atoms with Crippen LogP contribution < -0.4 is 9.64 Å². The maximum atomic E-state index is 12.3. The lowest BCUT2D eigenvalue weighted by Gasteiger charge is -2.29. The third-order valence-corrected chi connectivity index (χ3v) is 5.22. The second-order valence-electron chi connectivity index (χ2n) is 6.70. The van der Waals surface area contributed by atoms with Gasteiger partial charge in [0.2, 0.25) is 0 Å². The van der Waals surface area contributed by atoms with E-state index >= 15 is 0 Å². The second kappa shape index (κ2) is 7.37. The van der Waals surface area contributed by atoms with Crippen LogP contribution in [0.3, 0.4) is 0 Å². The zero-order chi connectivity index (χ0) is 18.8. The highest BCUT2D eigenvalue weighted by molar-refractivity contribution is 7.10. The number of thiazole rings is 1. The number of fused-ring (bicyclic) bond motifs is 1. The fourth-order valence-electron chi connectivity index (χ4n) is 3.10. The molecule has 1 amide bonds. The van der Waals surface area contributed by atoms with Crippen LogP contribution in [0.25, 0.3) is 11.3 Å². The molecule has 3 aromatic rings. The van der Waals surface area contributed by atoms with Gasteiger partial charge in [0.05, 0.1) is 16.4 Å². The first-order valence-electron chi connectivity index (χ1n) is 8.80. The van der Waals surface area contributed by atoms with Crippen LogP contribution in [0.5, 0.6) is 5.75 Å². The average Bonchev–Trinajstić information content (AvgIpc) is 3.13. The van der Waals surface area contributed by atoms with E-state index < -0.39 is 0 Å². The summed E-state index contributed by atoms with van der Waals surface area (Å²) >= 11 is 1.65. The van der Waals surface area contributed by atoms with Crippen LogP contribution in [0.4, 0.5) is 5.69 Å². The lowest BCUT2D eigenvalue weighted by atomic mass is 10.1. The maximum Gasteiger partial charge on any atom is 0.265 e. The number of nitrogens with zero attached hydrogens (tertiary/aromatic N) is 2. The molecule has 0 saturated heterocycles. The molecule has 0 radical (unpaired) electrons. The predicted octanol–water partition coefficient (Wildman–Crippen LogP) is 4.70. The minimum Gasteiger partial charge on any atom is -0.482 e. The van der Waals surface area contributed by atoms with Crippen LogP contribution in [0.15, 0.2) is 66.1 Å². The number of ether oxygens (including phenoxy) is 1. The van der Waals surface area contributed by atoms with Crippen LogP contribution in [0.1, 0.15) is 17.5 Å². The van der Waals surface area contributed by atoms with Gasteiger partial charge < -0.3 is 9.64 Å². The van der Waals surface area contributed by atoms with Crippen molar-refractivity contribution in [1.82, 2.24) is 4.98 Å². The van der Waals surface area contributed by atoms with Crippen molar-refractivity contribution in [2.24, 2.45) is 0 Å². The number of hydrogen-bond acceptors (Lipinski definition) is 4. The van der Waals surface area contributed by atoms with Crippen molar-refractivity contribution >= 4 is 22.9 Å². The Morgan fingerprint density at radius 2 is 2.07 bits per heavy atom. The lowest BCUT2D eigenvalue weighted by molar-refractivity contribution is -0.121. The minimum absolute atomic E-state index is 0.0503. The molecule has 1 aliphatic rings. The average molecular weight is 376 g/mol. The van der Waals surface area contributed by atoms with Crippen molar-refractivity contribution in [3.05, 3.63) is 76.6 Å². The minimum atomic E-state index is -0.0503. The van der Waals surface area contributed by atoms with Gasteiger partial charge in [-0.25, -0.2) is 4.98 Å². The van der Waals surface area contributed by atoms with Gasteiger partial charge >= 0.3 is 0 Å². The molecule has 27 heavy (non-hydrogen) atoms. The number of hydrogen-bond donors (Lipinski definition) is 0. The van der Waals surface area contributed by atoms with E-state index in [4.69, 9.17) is 9.72 Å². The van der Waals surface area contributed by atoms with Gasteiger partial charge in [-0.05, 0) is 30.7 Å². The maximum absolute atomic E-state index is 12.3. The SMILES string of the molecule is C=C(C)CN1C(=O)COc2ccc(-c3csc(Cc4ccccc4)n3)cc21. The fourth-order valence-corrected chi connectivity index (χ4v) is 3.94. The van der Waals surface area contributed by atoms with E-state index in [2.05, 4.69) is 24.1 Å². The summed E-state index contributed by atoms with van der Waals surface area (Å²) < 4.78 is 5.58. The molecule has 1 aliphatic heterocycles. The standard InChI is InChI=1S/C22H20N2O2S/c1-15(2)12-24-19-11-17(8-9-20(19)26-13-22(24)25)18-14-27-21(23-18)10-16-6-4-3-5-7-16/h3-9,11,14H,1,10,12-13H2,2H3. The third kappa shape index (κ3) is 3.78. The summed E-state index contributed by atoms with van der Waals surface area (Å²) in [6.45, 7) is 6.42. The highest BCUT2D eigenvalue weighted by Crippen LogP contribution is 2.36. The van der Waals surface area contributed by atoms with E-state index in [-0.39, 0.29) is 12.5 Å². The lowest BCUT2D eigenvalue weighted by Crippen LogP contribution is -2.39. The molecule has 2 heterocycles. The van der Waals surface area contributed by atoms with E-state index in [9.17, 15) is 4.79 Å². The molecule has 0 fully saturated rings. The van der Waals surface area contributed by atoms with Crippen molar-refractivity contribution in [3.8, 4) is 17.0 Å². The molecule has 5 heteroatoms. The Balaban J connectivity index is 1.63. The Morgan fingerprint density at radius 1 is 1.26 bits per heavy atom. The van der Waals surface area contributed by atoms with Crippen molar-refractivity contribution in [2.45, 2.75) is 13.3 Å². The molecular weight excluding hydrogens is 356 g/mol. The van der Waals surface area contributed by atoms with Crippen LogP contribution >= 0.6 is 11.3 Å². The number of benzene rings is 2. The third-order valence-electron chi connectivity index (χ3n) is 4.38. The molecule has 0 unspecified atom stereocenters. The molecule has 0 N–H and O–H groups in total. The van der Waals surface area contributed by atoms with E-state index in [0.717, 1.165) is 39.7 Å². The van der Waals surface area contributed by atoms with Crippen LogP contribution in [-0.2, 0) is 11.2 Å². The summed E-state index contributed by atoms with van der Waals surface area (Å²) in [6.07, 6.45) is 0.819. The van der Waals surface area contributed by atoms with Gasteiger partial charge in [0.15, 0.2) is 6.61 Å². The Kier molecular flexibility index (Phi) is 4.77. The normalized spacial score (nSPS) is 13.2. The largest absolute Gasteiger partial charge is 0.482 e. The highest BCUT2D eigenvalue weighted by Gasteiger charge is 2.26. The van der Waals surface area contributed by atoms with E-state index in [0.29, 0.717) is 6.54 Å². The molecule has 136 valence electrons. The molecule has 1 aromatic heterocycles. The van der Waals surface area contributed by atoms with E-state index in [1.54, 1.807) is 16.2 Å². The predicted molar refractivity (Wildman–Crippen MR) is 109 cm³/mol. The summed E-state index contributed by atoms with van der Waals surface area (Å²) in [6, 6.07) is 16.2. The van der Waals surface area contributed by atoms with E-state index in [1.807, 2.05) is 43.3 Å². The summed E-state index contributed by atoms with van der Waals surface area (Å²) in [5, 5.41) is 3.13. The summed E-state index contributed by atoms with van der Waals surface area (Å²) in [7, 11) is 0. The fraction of sp³-hybridized carbons (Fsp3) is 0.182. The number of anilines is 1. The zero-order valence-corrected chi connectivity index (χ0v) is 16.0. The molecule has 4 nitrogen and oxygen atoms in total. The molecule has 0 bridgehead atoms. The number of rotatable bonds is 5.